The zero-order valence-corrected chi connectivity index (χ0v) is 17.6. The molecule has 0 saturated heterocycles. The summed E-state index contributed by atoms with van der Waals surface area (Å²) in [4.78, 5) is 11.9. The van der Waals surface area contributed by atoms with Gasteiger partial charge in [0.25, 0.3) is 0 Å². The number of fused-ring (bicyclic) bond motifs is 5. The van der Waals surface area contributed by atoms with Crippen molar-refractivity contribution in [1.82, 2.24) is 0 Å². The average Bonchev–Trinajstić information content (AvgIpc) is 3.03. The highest BCUT2D eigenvalue weighted by atomic mass is 16.5. The molecule has 0 aliphatic heterocycles. The molecule has 0 aromatic heterocycles. The predicted octanol–water partition coefficient (Wildman–Crippen LogP) is 5.73. The molecular weight excluding hydrogens is 332 g/mol. The van der Waals surface area contributed by atoms with E-state index in [0.29, 0.717) is 35.9 Å². The van der Waals surface area contributed by atoms with E-state index in [0.717, 1.165) is 32.1 Å². The molecule has 3 saturated carbocycles. The first-order valence-electron chi connectivity index (χ1n) is 11.0. The third kappa shape index (κ3) is 2.77. The van der Waals surface area contributed by atoms with Crippen LogP contribution in [0.25, 0.3) is 0 Å². The molecule has 0 heterocycles. The molecule has 0 bridgehead atoms. The van der Waals surface area contributed by atoms with Crippen molar-refractivity contribution in [1.29, 1.82) is 0 Å². The quantitative estimate of drug-likeness (QED) is 0.460. The van der Waals surface area contributed by atoms with Crippen molar-refractivity contribution in [3.8, 4) is 12.3 Å². The molecule has 4 aliphatic carbocycles. The van der Waals surface area contributed by atoms with Crippen molar-refractivity contribution in [3.63, 3.8) is 0 Å². The van der Waals surface area contributed by atoms with Gasteiger partial charge in [-0.2, -0.15) is 0 Å². The number of hydrogen-bond acceptors (Lipinski definition) is 2. The molecule has 27 heavy (non-hydrogen) atoms. The van der Waals surface area contributed by atoms with Crippen molar-refractivity contribution < 1.29 is 9.53 Å². The molecule has 0 amide bonds. The normalized spacial score (nSPS) is 42.7. The summed E-state index contributed by atoms with van der Waals surface area (Å²) in [6, 6.07) is 0. The summed E-state index contributed by atoms with van der Waals surface area (Å²) in [5.74, 6) is 5.77. The van der Waals surface area contributed by atoms with E-state index in [1.54, 1.807) is 7.11 Å². The summed E-state index contributed by atoms with van der Waals surface area (Å²) in [6.07, 6.45) is 16.2. The van der Waals surface area contributed by atoms with Crippen LogP contribution < -0.4 is 0 Å². The minimum atomic E-state index is -0.432. The third-order valence-corrected chi connectivity index (χ3v) is 8.25. The molecule has 3 fully saturated rings. The van der Waals surface area contributed by atoms with Crippen molar-refractivity contribution in [2.24, 2.45) is 29.1 Å². The third-order valence-electron chi connectivity index (χ3n) is 8.25. The number of rotatable bonds is 2. The van der Waals surface area contributed by atoms with Crippen LogP contribution in [0.2, 0.25) is 0 Å². The van der Waals surface area contributed by atoms with Crippen LogP contribution >= 0.6 is 0 Å². The highest BCUT2D eigenvalue weighted by molar-refractivity contribution is 5.91. The Hall–Kier alpha value is -1.33. The Morgan fingerprint density at radius 3 is 2.67 bits per heavy atom. The summed E-state index contributed by atoms with van der Waals surface area (Å²) in [5.41, 5.74) is 2.38. The maximum atomic E-state index is 11.9. The number of allylic oxidation sites excluding steroid dienone is 2. The molecule has 0 aromatic carbocycles. The molecule has 4 rings (SSSR count). The summed E-state index contributed by atoms with van der Waals surface area (Å²) in [6.45, 7) is 10.8. The number of methoxy groups -OCH3 is 1. The molecule has 6 atom stereocenters. The fraction of sp³-hybridized carbons (Fsp3) is 0.720. The topological polar surface area (TPSA) is 26.3 Å². The standard InChI is InChI=1S/C23H30O2.C2H6/c1-5-22-14-15(3)21-18-10-8-17(24)13-16(18)7-9-19(21)20(22)11-12-23(22,6-2)25-4;1-2/h2,13,18-21H,3,5,7-12,14H2,1,4H3;1-2H3/t18-,19-,20-,21+,22-,23-;/m0./s1. The Bertz CT molecular complexity index is 681. The zero-order chi connectivity index (χ0) is 19.8. The van der Waals surface area contributed by atoms with Crippen molar-refractivity contribution >= 4 is 5.78 Å². The SMILES string of the molecule is C#C[C@]1(OC)CC[C@H]2[C@@H]3CCC4=CC(=O)CC[C@@H]4[C@H]3C(=C)C[C@@]21CC.CC. The first kappa shape index (κ1) is 20.4. The lowest BCUT2D eigenvalue weighted by Crippen LogP contribution is -2.54. The second-order valence-electron chi connectivity index (χ2n) is 8.72. The van der Waals surface area contributed by atoms with Crippen LogP contribution in [0.1, 0.15) is 72.1 Å². The minimum absolute atomic E-state index is 0.0421. The van der Waals surface area contributed by atoms with Gasteiger partial charge in [-0.15, -0.1) is 6.42 Å². The van der Waals surface area contributed by atoms with E-state index in [-0.39, 0.29) is 5.41 Å². The number of ether oxygens (including phenoxy) is 1. The van der Waals surface area contributed by atoms with Gasteiger partial charge in [0.05, 0.1) is 0 Å². The molecule has 0 unspecified atom stereocenters. The average molecular weight is 369 g/mol. The van der Waals surface area contributed by atoms with Gasteiger partial charge in [-0.05, 0) is 74.7 Å². The molecule has 0 radical (unpaired) electrons. The van der Waals surface area contributed by atoms with Gasteiger partial charge in [-0.3, -0.25) is 4.79 Å². The zero-order valence-electron chi connectivity index (χ0n) is 17.6. The van der Waals surface area contributed by atoms with Crippen molar-refractivity contribution in [3.05, 3.63) is 23.8 Å². The molecule has 2 nitrogen and oxygen atoms in total. The van der Waals surface area contributed by atoms with Crippen LogP contribution in [-0.2, 0) is 9.53 Å². The second kappa shape index (κ2) is 7.59. The van der Waals surface area contributed by atoms with Gasteiger partial charge in [0, 0.05) is 18.9 Å². The summed E-state index contributed by atoms with van der Waals surface area (Å²) in [5, 5.41) is 0. The van der Waals surface area contributed by atoms with Crippen molar-refractivity contribution in [2.45, 2.75) is 77.7 Å². The van der Waals surface area contributed by atoms with Crippen LogP contribution in [0.4, 0.5) is 0 Å². The Morgan fingerprint density at radius 1 is 1.30 bits per heavy atom. The Balaban J connectivity index is 0.00000102. The van der Waals surface area contributed by atoms with Gasteiger partial charge in [-0.1, -0.05) is 44.4 Å². The molecular formula is C25H36O2. The van der Waals surface area contributed by atoms with Gasteiger partial charge in [0.15, 0.2) is 5.78 Å². The lowest BCUT2D eigenvalue weighted by molar-refractivity contribution is -0.116. The van der Waals surface area contributed by atoms with Crippen LogP contribution in [0.3, 0.4) is 0 Å². The second-order valence-corrected chi connectivity index (χ2v) is 8.72. The maximum Gasteiger partial charge on any atom is 0.155 e. The smallest absolute Gasteiger partial charge is 0.155 e. The van der Waals surface area contributed by atoms with Gasteiger partial charge >= 0.3 is 0 Å². The highest BCUT2D eigenvalue weighted by Gasteiger charge is 2.65. The number of ketones is 1. The monoisotopic (exact) mass is 368 g/mol. The number of terminal acetylenes is 1. The molecule has 4 aliphatic rings. The Morgan fingerprint density at radius 2 is 2.04 bits per heavy atom. The van der Waals surface area contributed by atoms with Crippen LogP contribution in [-0.4, -0.2) is 18.5 Å². The summed E-state index contributed by atoms with van der Waals surface area (Å²) < 4.78 is 6.03. The van der Waals surface area contributed by atoms with E-state index in [1.165, 1.54) is 24.0 Å². The Kier molecular flexibility index (Phi) is 5.74. The van der Waals surface area contributed by atoms with Crippen LogP contribution in [0.5, 0.6) is 0 Å². The molecule has 148 valence electrons. The van der Waals surface area contributed by atoms with E-state index in [9.17, 15) is 4.79 Å². The lowest BCUT2D eigenvalue weighted by Gasteiger charge is -2.57. The first-order valence-corrected chi connectivity index (χ1v) is 11.0. The highest BCUT2D eigenvalue weighted by Crippen LogP contribution is 2.67. The summed E-state index contributed by atoms with van der Waals surface area (Å²) >= 11 is 0. The van der Waals surface area contributed by atoms with Gasteiger partial charge < -0.3 is 4.74 Å². The van der Waals surface area contributed by atoms with E-state index in [1.807, 2.05) is 19.9 Å². The molecule has 0 spiro atoms. The fourth-order valence-corrected chi connectivity index (χ4v) is 7.24. The molecule has 0 aromatic rings. The van der Waals surface area contributed by atoms with Crippen LogP contribution in [0.15, 0.2) is 23.8 Å². The van der Waals surface area contributed by atoms with Gasteiger partial charge in [0.2, 0.25) is 0 Å². The number of hydrogen-bond donors (Lipinski definition) is 0. The molecule has 2 heteroatoms. The Labute approximate surface area is 165 Å². The lowest BCUT2D eigenvalue weighted by atomic mass is 9.48. The van der Waals surface area contributed by atoms with Crippen LogP contribution in [0, 0.1) is 41.4 Å². The van der Waals surface area contributed by atoms with E-state index < -0.39 is 5.60 Å². The molecule has 0 N–H and O–H groups in total. The van der Waals surface area contributed by atoms with Crippen molar-refractivity contribution in [2.75, 3.05) is 7.11 Å². The number of carbonyl (C=O) groups is 1. The predicted molar refractivity (Wildman–Crippen MR) is 111 cm³/mol. The maximum absolute atomic E-state index is 11.9. The van der Waals surface area contributed by atoms with Gasteiger partial charge in [0.1, 0.15) is 5.60 Å². The largest absolute Gasteiger partial charge is 0.365 e. The summed E-state index contributed by atoms with van der Waals surface area (Å²) in [7, 11) is 1.79. The van der Waals surface area contributed by atoms with E-state index in [4.69, 9.17) is 11.2 Å². The first-order chi connectivity index (χ1) is 13.0. The van der Waals surface area contributed by atoms with Gasteiger partial charge in [-0.25, -0.2) is 0 Å². The fourth-order valence-electron chi connectivity index (χ4n) is 7.24. The number of carbonyl (C=O) groups excluding carboxylic acids is 1. The minimum Gasteiger partial charge on any atom is -0.365 e. The van der Waals surface area contributed by atoms with E-state index >= 15 is 0 Å². The van der Waals surface area contributed by atoms with E-state index in [2.05, 4.69) is 19.4 Å².